The number of carbonyl (C=O) groups is 1. The molecule has 0 aliphatic rings. The lowest BCUT2D eigenvalue weighted by molar-refractivity contribution is 0.102. The van der Waals surface area contributed by atoms with E-state index < -0.39 is 0 Å². The molecule has 1 heterocycles. The SMILES string of the molecule is COc1cccc(NC(=O)c2ccncc2NN)c1. The Balaban J connectivity index is 2.20. The Kier molecular flexibility index (Phi) is 3.94. The summed E-state index contributed by atoms with van der Waals surface area (Å²) in [6.45, 7) is 0. The van der Waals surface area contributed by atoms with Crippen molar-refractivity contribution in [2.45, 2.75) is 0 Å². The van der Waals surface area contributed by atoms with Gasteiger partial charge in [0.1, 0.15) is 5.75 Å². The van der Waals surface area contributed by atoms with Crippen LogP contribution in [0.4, 0.5) is 11.4 Å². The molecule has 0 spiro atoms. The first-order chi connectivity index (χ1) is 9.24. The molecular formula is C13H14N4O2. The second kappa shape index (κ2) is 5.83. The maximum atomic E-state index is 12.1. The van der Waals surface area contributed by atoms with E-state index in [0.717, 1.165) is 0 Å². The lowest BCUT2D eigenvalue weighted by Crippen LogP contribution is -2.17. The highest BCUT2D eigenvalue weighted by Gasteiger charge is 2.11. The monoisotopic (exact) mass is 258 g/mol. The van der Waals surface area contributed by atoms with Crippen LogP contribution >= 0.6 is 0 Å². The first kappa shape index (κ1) is 12.8. The third-order valence-corrected chi connectivity index (χ3v) is 2.55. The predicted octanol–water partition coefficient (Wildman–Crippen LogP) is 1.63. The summed E-state index contributed by atoms with van der Waals surface area (Å²) in [4.78, 5) is 16.0. The number of aromatic nitrogens is 1. The van der Waals surface area contributed by atoms with Crippen LogP contribution in [-0.2, 0) is 0 Å². The van der Waals surface area contributed by atoms with Crippen molar-refractivity contribution in [3.63, 3.8) is 0 Å². The second-order valence-corrected chi connectivity index (χ2v) is 3.75. The summed E-state index contributed by atoms with van der Waals surface area (Å²) >= 11 is 0. The van der Waals surface area contributed by atoms with Gasteiger partial charge in [0, 0.05) is 18.0 Å². The molecule has 0 unspecified atom stereocenters. The predicted molar refractivity (Wildman–Crippen MR) is 73.0 cm³/mol. The molecule has 2 rings (SSSR count). The van der Waals surface area contributed by atoms with Gasteiger partial charge in [-0.15, -0.1) is 0 Å². The zero-order valence-electron chi connectivity index (χ0n) is 10.4. The van der Waals surface area contributed by atoms with E-state index >= 15 is 0 Å². The lowest BCUT2D eigenvalue weighted by Gasteiger charge is -2.09. The quantitative estimate of drug-likeness (QED) is 0.573. The minimum atomic E-state index is -0.274. The molecule has 1 aromatic heterocycles. The third kappa shape index (κ3) is 2.99. The van der Waals surface area contributed by atoms with E-state index in [1.807, 2.05) is 0 Å². The number of ether oxygens (including phenoxy) is 1. The summed E-state index contributed by atoms with van der Waals surface area (Å²) in [5, 5.41) is 2.77. The van der Waals surface area contributed by atoms with Crippen molar-refractivity contribution < 1.29 is 9.53 Å². The molecule has 0 fully saturated rings. The van der Waals surface area contributed by atoms with Crippen LogP contribution in [0.1, 0.15) is 10.4 Å². The van der Waals surface area contributed by atoms with E-state index in [1.165, 1.54) is 12.4 Å². The topological polar surface area (TPSA) is 89.3 Å². The van der Waals surface area contributed by atoms with E-state index in [-0.39, 0.29) is 5.91 Å². The average molecular weight is 258 g/mol. The largest absolute Gasteiger partial charge is 0.497 e. The van der Waals surface area contributed by atoms with Crippen molar-refractivity contribution in [2.24, 2.45) is 5.84 Å². The molecule has 6 nitrogen and oxygen atoms in total. The highest BCUT2D eigenvalue weighted by Crippen LogP contribution is 2.19. The normalized spacial score (nSPS) is 9.79. The molecule has 0 radical (unpaired) electrons. The van der Waals surface area contributed by atoms with Crippen molar-refractivity contribution >= 4 is 17.3 Å². The van der Waals surface area contributed by atoms with Gasteiger partial charge in [-0.05, 0) is 18.2 Å². The van der Waals surface area contributed by atoms with Gasteiger partial charge < -0.3 is 15.5 Å². The molecule has 19 heavy (non-hydrogen) atoms. The van der Waals surface area contributed by atoms with E-state index in [0.29, 0.717) is 22.7 Å². The number of hydrogen-bond acceptors (Lipinski definition) is 5. The van der Waals surface area contributed by atoms with Gasteiger partial charge in [-0.1, -0.05) is 6.07 Å². The molecular weight excluding hydrogens is 244 g/mol. The van der Waals surface area contributed by atoms with Crippen LogP contribution in [0.5, 0.6) is 5.75 Å². The highest BCUT2D eigenvalue weighted by molar-refractivity contribution is 6.07. The Morgan fingerprint density at radius 3 is 2.95 bits per heavy atom. The number of rotatable bonds is 4. The molecule has 0 saturated heterocycles. The molecule has 1 amide bonds. The molecule has 0 aliphatic carbocycles. The molecule has 2 aromatic rings. The molecule has 98 valence electrons. The maximum Gasteiger partial charge on any atom is 0.257 e. The van der Waals surface area contributed by atoms with E-state index in [1.54, 1.807) is 37.4 Å². The van der Waals surface area contributed by atoms with E-state index in [2.05, 4.69) is 15.7 Å². The maximum absolute atomic E-state index is 12.1. The number of nitrogens with one attached hydrogen (secondary N) is 2. The Morgan fingerprint density at radius 2 is 2.21 bits per heavy atom. The van der Waals surface area contributed by atoms with Crippen molar-refractivity contribution in [3.05, 3.63) is 48.3 Å². The standard InChI is InChI=1S/C13H14N4O2/c1-19-10-4-2-3-9(7-10)16-13(18)11-5-6-15-8-12(11)17-14/h2-8,17H,14H2,1H3,(H,16,18). The average Bonchev–Trinajstić information content (AvgIpc) is 2.47. The number of nitrogens with two attached hydrogens (primary N) is 1. The van der Waals surface area contributed by atoms with E-state index in [4.69, 9.17) is 10.6 Å². The van der Waals surface area contributed by atoms with Gasteiger partial charge in [0.2, 0.25) is 0 Å². The number of carbonyl (C=O) groups excluding carboxylic acids is 1. The van der Waals surface area contributed by atoms with Crippen molar-refractivity contribution in [1.29, 1.82) is 0 Å². The smallest absolute Gasteiger partial charge is 0.257 e. The van der Waals surface area contributed by atoms with Gasteiger partial charge in [-0.2, -0.15) is 0 Å². The highest BCUT2D eigenvalue weighted by atomic mass is 16.5. The number of hydrogen-bond donors (Lipinski definition) is 3. The molecule has 0 aliphatic heterocycles. The van der Waals surface area contributed by atoms with Gasteiger partial charge in [0.15, 0.2) is 0 Å². The van der Waals surface area contributed by atoms with Crippen LogP contribution in [0.3, 0.4) is 0 Å². The molecule has 6 heteroatoms. The van der Waals surface area contributed by atoms with Crippen LogP contribution in [0, 0.1) is 0 Å². The number of anilines is 2. The van der Waals surface area contributed by atoms with Crippen LogP contribution < -0.4 is 21.3 Å². The van der Waals surface area contributed by atoms with Crippen LogP contribution in [0.15, 0.2) is 42.7 Å². The minimum absolute atomic E-state index is 0.274. The van der Waals surface area contributed by atoms with Crippen molar-refractivity contribution in [3.8, 4) is 5.75 Å². The Morgan fingerprint density at radius 1 is 1.37 bits per heavy atom. The number of pyridine rings is 1. The molecule has 0 saturated carbocycles. The fraction of sp³-hybridized carbons (Fsp3) is 0.0769. The van der Waals surface area contributed by atoms with E-state index in [9.17, 15) is 4.79 Å². The Bertz CT molecular complexity index is 586. The van der Waals surface area contributed by atoms with Gasteiger partial charge in [0.25, 0.3) is 5.91 Å². The van der Waals surface area contributed by atoms with Gasteiger partial charge >= 0.3 is 0 Å². The number of methoxy groups -OCH3 is 1. The number of nitrogen functional groups attached to an aromatic ring is 1. The zero-order chi connectivity index (χ0) is 13.7. The molecule has 4 N–H and O–H groups in total. The van der Waals surface area contributed by atoms with Crippen LogP contribution in [0.25, 0.3) is 0 Å². The molecule has 0 atom stereocenters. The lowest BCUT2D eigenvalue weighted by atomic mass is 10.2. The summed E-state index contributed by atoms with van der Waals surface area (Å²) in [6.07, 6.45) is 3.02. The second-order valence-electron chi connectivity index (χ2n) is 3.75. The van der Waals surface area contributed by atoms with Gasteiger partial charge in [-0.3, -0.25) is 15.6 Å². The van der Waals surface area contributed by atoms with Gasteiger partial charge in [-0.25, -0.2) is 0 Å². The van der Waals surface area contributed by atoms with Crippen LogP contribution in [-0.4, -0.2) is 18.0 Å². The summed E-state index contributed by atoms with van der Waals surface area (Å²) in [5.74, 6) is 5.73. The number of benzene rings is 1. The number of amides is 1. The first-order valence-electron chi connectivity index (χ1n) is 5.60. The molecule has 1 aromatic carbocycles. The van der Waals surface area contributed by atoms with Crippen molar-refractivity contribution in [2.75, 3.05) is 17.9 Å². The minimum Gasteiger partial charge on any atom is -0.497 e. The zero-order valence-corrected chi connectivity index (χ0v) is 10.4. The fourth-order valence-electron chi connectivity index (χ4n) is 1.61. The summed E-state index contributed by atoms with van der Waals surface area (Å²) in [7, 11) is 1.57. The van der Waals surface area contributed by atoms with Crippen LogP contribution in [0.2, 0.25) is 0 Å². The number of hydrazine groups is 1. The van der Waals surface area contributed by atoms with Gasteiger partial charge in [0.05, 0.1) is 24.6 Å². The summed E-state index contributed by atoms with van der Waals surface area (Å²) in [6, 6.07) is 8.69. The fourth-order valence-corrected chi connectivity index (χ4v) is 1.61. The number of nitrogens with zero attached hydrogens (tertiary/aromatic N) is 1. The first-order valence-corrected chi connectivity index (χ1v) is 5.60. The van der Waals surface area contributed by atoms with Crippen molar-refractivity contribution in [1.82, 2.24) is 4.98 Å². The Hall–Kier alpha value is -2.60. The third-order valence-electron chi connectivity index (χ3n) is 2.55. The summed E-state index contributed by atoms with van der Waals surface area (Å²) < 4.78 is 5.09. The summed E-state index contributed by atoms with van der Waals surface area (Å²) in [5.41, 5.74) is 3.96. The Labute approximate surface area is 110 Å². The molecule has 0 bridgehead atoms.